The number of esters is 1. The van der Waals surface area contributed by atoms with E-state index < -0.39 is 12.0 Å². The third-order valence-electron chi connectivity index (χ3n) is 6.22. The van der Waals surface area contributed by atoms with Crippen LogP contribution in [0, 0.1) is 6.92 Å². The highest BCUT2D eigenvalue weighted by molar-refractivity contribution is 6.02. The van der Waals surface area contributed by atoms with Crippen molar-refractivity contribution in [1.29, 1.82) is 0 Å². The van der Waals surface area contributed by atoms with Crippen LogP contribution in [-0.2, 0) is 16.1 Å². The first-order valence-corrected chi connectivity index (χ1v) is 12.7. The third-order valence-corrected chi connectivity index (χ3v) is 6.22. The van der Waals surface area contributed by atoms with Crippen molar-refractivity contribution < 1.29 is 19.0 Å². The number of carbonyl (C=O) groups is 1. The molecule has 1 aromatic heterocycles. The number of hydrogen-bond acceptors (Lipinski definition) is 7. The number of aromatic nitrogens is 3. The van der Waals surface area contributed by atoms with Gasteiger partial charge in [-0.05, 0) is 49.6 Å². The first kappa shape index (κ1) is 25.1. The molecule has 5 rings (SSSR count). The molecule has 0 bridgehead atoms. The quantitative estimate of drug-likeness (QED) is 0.295. The molecule has 0 saturated carbocycles. The number of rotatable bonds is 9. The molecule has 0 fully saturated rings. The van der Waals surface area contributed by atoms with E-state index in [0.717, 1.165) is 16.7 Å². The Morgan fingerprint density at radius 2 is 1.79 bits per heavy atom. The highest BCUT2D eigenvalue weighted by Crippen LogP contribution is 2.41. The second-order valence-corrected chi connectivity index (χ2v) is 8.85. The lowest BCUT2D eigenvalue weighted by Crippen LogP contribution is -2.30. The minimum Gasteiger partial charge on any atom is -0.490 e. The highest BCUT2D eigenvalue weighted by Gasteiger charge is 2.36. The first-order chi connectivity index (χ1) is 18.6. The van der Waals surface area contributed by atoms with Crippen molar-refractivity contribution in [2.24, 2.45) is 0 Å². The topological polar surface area (TPSA) is 87.5 Å². The molecule has 1 N–H and O–H groups in total. The molecular weight excluding hydrogens is 480 g/mol. The van der Waals surface area contributed by atoms with Gasteiger partial charge in [-0.15, -0.1) is 0 Å². The summed E-state index contributed by atoms with van der Waals surface area (Å²) < 4.78 is 19.4. The number of hydrogen-bond donors (Lipinski definition) is 1. The molecule has 38 heavy (non-hydrogen) atoms. The zero-order valence-electron chi connectivity index (χ0n) is 21.7. The number of carbonyl (C=O) groups excluding carboxylic acids is 1. The van der Waals surface area contributed by atoms with E-state index in [1.165, 1.54) is 11.9 Å². The lowest BCUT2D eigenvalue weighted by Gasteiger charge is -2.30. The van der Waals surface area contributed by atoms with Gasteiger partial charge >= 0.3 is 5.97 Å². The second kappa shape index (κ2) is 11.2. The van der Waals surface area contributed by atoms with E-state index in [-0.39, 0.29) is 6.61 Å². The molecular formula is C30H30N4O4. The molecule has 1 aliphatic rings. The van der Waals surface area contributed by atoms with E-state index in [9.17, 15) is 4.79 Å². The van der Waals surface area contributed by atoms with Gasteiger partial charge in [0.1, 0.15) is 19.0 Å². The summed E-state index contributed by atoms with van der Waals surface area (Å²) in [6, 6.07) is 23.0. The van der Waals surface area contributed by atoms with Crippen molar-refractivity contribution in [1.82, 2.24) is 14.8 Å². The standard InChI is InChI=1S/C30H30N4O4/c1-4-36-25-17-23(14-15-24(25)38-18-21-11-9-10-20(3)16-21)28-26(29(35)37-5-2)27(22-12-7-6-8-13-22)33-30-31-19-32-34(28)30/h6-17,19,28H,4-5,18H2,1-3H3,(H,31,32,33). The van der Waals surface area contributed by atoms with Crippen LogP contribution in [0.2, 0.25) is 0 Å². The van der Waals surface area contributed by atoms with Gasteiger partial charge in [0.15, 0.2) is 11.5 Å². The zero-order chi connectivity index (χ0) is 26.5. The fourth-order valence-electron chi connectivity index (χ4n) is 4.57. The van der Waals surface area contributed by atoms with E-state index in [2.05, 4.69) is 34.5 Å². The van der Waals surface area contributed by atoms with E-state index >= 15 is 0 Å². The summed E-state index contributed by atoms with van der Waals surface area (Å²) >= 11 is 0. The predicted octanol–water partition coefficient (Wildman–Crippen LogP) is 5.55. The van der Waals surface area contributed by atoms with Gasteiger partial charge in [-0.1, -0.05) is 66.2 Å². The molecule has 1 atom stereocenters. The zero-order valence-corrected chi connectivity index (χ0v) is 21.7. The smallest absolute Gasteiger partial charge is 0.338 e. The van der Waals surface area contributed by atoms with Crippen LogP contribution in [0.25, 0.3) is 5.70 Å². The summed E-state index contributed by atoms with van der Waals surface area (Å²) in [5.74, 6) is 1.31. The van der Waals surface area contributed by atoms with Crippen molar-refractivity contribution in [3.8, 4) is 11.5 Å². The third kappa shape index (κ3) is 5.11. The first-order valence-electron chi connectivity index (χ1n) is 12.7. The molecule has 1 unspecified atom stereocenters. The number of fused-ring (bicyclic) bond motifs is 1. The molecule has 194 valence electrons. The van der Waals surface area contributed by atoms with Gasteiger partial charge in [-0.3, -0.25) is 0 Å². The molecule has 0 saturated heterocycles. The molecule has 2 heterocycles. The molecule has 3 aromatic carbocycles. The minimum absolute atomic E-state index is 0.247. The molecule has 4 aromatic rings. The van der Waals surface area contributed by atoms with Crippen LogP contribution in [0.15, 0.2) is 84.7 Å². The lowest BCUT2D eigenvalue weighted by molar-refractivity contribution is -0.138. The van der Waals surface area contributed by atoms with Gasteiger partial charge in [0, 0.05) is 0 Å². The van der Waals surface area contributed by atoms with Crippen molar-refractivity contribution in [3.05, 3.63) is 107 Å². The summed E-state index contributed by atoms with van der Waals surface area (Å²) in [4.78, 5) is 17.8. The normalized spacial score (nSPS) is 14.4. The summed E-state index contributed by atoms with van der Waals surface area (Å²) in [5.41, 5.74) is 4.95. The van der Waals surface area contributed by atoms with Gasteiger partial charge in [0.2, 0.25) is 5.95 Å². The average molecular weight is 511 g/mol. The van der Waals surface area contributed by atoms with Crippen LogP contribution >= 0.6 is 0 Å². The minimum atomic E-state index is -0.590. The van der Waals surface area contributed by atoms with Crippen LogP contribution < -0.4 is 14.8 Å². The Morgan fingerprint density at radius 3 is 2.55 bits per heavy atom. The SMILES string of the molecule is CCOC(=O)C1=C(c2ccccc2)Nc2ncnn2C1c1ccc(OCc2cccc(C)c2)c(OCC)c1. The molecule has 0 aliphatic carbocycles. The fraction of sp³-hybridized carbons (Fsp3) is 0.233. The van der Waals surface area contributed by atoms with Gasteiger partial charge in [0.25, 0.3) is 0 Å². The molecule has 0 radical (unpaired) electrons. The van der Waals surface area contributed by atoms with Crippen LogP contribution in [-0.4, -0.2) is 33.9 Å². The molecule has 0 amide bonds. The number of nitrogens with one attached hydrogen (secondary N) is 1. The highest BCUT2D eigenvalue weighted by atomic mass is 16.5. The Balaban J connectivity index is 1.58. The van der Waals surface area contributed by atoms with Crippen molar-refractivity contribution in [2.75, 3.05) is 18.5 Å². The van der Waals surface area contributed by atoms with Crippen LogP contribution in [0.3, 0.4) is 0 Å². The van der Waals surface area contributed by atoms with Crippen LogP contribution in [0.5, 0.6) is 11.5 Å². The maximum Gasteiger partial charge on any atom is 0.338 e. The van der Waals surface area contributed by atoms with Crippen molar-refractivity contribution >= 4 is 17.6 Å². The molecule has 0 spiro atoms. The van der Waals surface area contributed by atoms with Crippen molar-refractivity contribution in [3.63, 3.8) is 0 Å². The Bertz CT molecular complexity index is 1460. The predicted molar refractivity (Wildman–Crippen MR) is 145 cm³/mol. The van der Waals surface area contributed by atoms with Crippen molar-refractivity contribution in [2.45, 2.75) is 33.4 Å². The largest absolute Gasteiger partial charge is 0.490 e. The van der Waals surface area contributed by atoms with E-state index in [1.807, 2.05) is 67.6 Å². The van der Waals surface area contributed by atoms with Crippen LogP contribution in [0.4, 0.5) is 5.95 Å². The molecule has 8 nitrogen and oxygen atoms in total. The summed E-state index contributed by atoms with van der Waals surface area (Å²) in [7, 11) is 0. The molecule has 8 heteroatoms. The number of benzene rings is 3. The maximum absolute atomic E-state index is 13.4. The Morgan fingerprint density at radius 1 is 0.947 bits per heavy atom. The lowest BCUT2D eigenvalue weighted by atomic mass is 9.92. The van der Waals surface area contributed by atoms with E-state index in [0.29, 0.717) is 41.9 Å². The number of aryl methyl sites for hydroxylation is 1. The number of anilines is 1. The average Bonchev–Trinajstić information content (AvgIpc) is 3.41. The second-order valence-electron chi connectivity index (χ2n) is 8.85. The Hall–Kier alpha value is -4.59. The fourth-order valence-corrected chi connectivity index (χ4v) is 4.57. The van der Waals surface area contributed by atoms with Gasteiger partial charge in [-0.25, -0.2) is 9.48 Å². The summed E-state index contributed by atoms with van der Waals surface area (Å²) in [6.07, 6.45) is 1.47. The molecule has 1 aliphatic heterocycles. The monoisotopic (exact) mass is 510 g/mol. The van der Waals surface area contributed by atoms with Gasteiger partial charge < -0.3 is 19.5 Å². The van der Waals surface area contributed by atoms with E-state index in [1.54, 1.807) is 11.6 Å². The van der Waals surface area contributed by atoms with Gasteiger partial charge in [-0.2, -0.15) is 10.1 Å². The van der Waals surface area contributed by atoms with E-state index in [4.69, 9.17) is 14.2 Å². The van der Waals surface area contributed by atoms with Gasteiger partial charge in [0.05, 0.1) is 24.5 Å². The summed E-state index contributed by atoms with van der Waals surface area (Å²) in [6.45, 7) is 6.89. The number of ether oxygens (including phenoxy) is 3. The van der Waals surface area contributed by atoms with Crippen LogP contribution in [0.1, 0.15) is 42.1 Å². The number of nitrogens with zero attached hydrogens (tertiary/aromatic N) is 3. The Kier molecular flexibility index (Phi) is 7.40. The maximum atomic E-state index is 13.4. The summed E-state index contributed by atoms with van der Waals surface area (Å²) in [5, 5.41) is 7.74. The Labute approximate surface area is 221 Å².